The van der Waals surface area contributed by atoms with E-state index in [1.165, 1.54) is 77.6 Å². The molecule has 1 aromatic carbocycles. The van der Waals surface area contributed by atoms with Gasteiger partial charge in [-0.25, -0.2) is 0 Å². The molecule has 8 nitrogen and oxygen atoms in total. The van der Waals surface area contributed by atoms with Crippen LogP contribution in [0, 0.1) is 17.0 Å². The third-order valence-corrected chi connectivity index (χ3v) is 6.96. The normalized spacial score (nSPS) is 11.5. The van der Waals surface area contributed by atoms with Gasteiger partial charge in [-0.05, 0) is 19.4 Å². The van der Waals surface area contributed by atoms with Crippen molar-refractivity contribution >= 4 is 27.4 Å². The molecule has 0 atom stereocenters. The minimum absolute atomic E-state index is 0.0211. The Morgan fingerprint density at radius 2 is 1.32 bits per heavy atom. The molecule has 0 aliphatic carbocycles. The quantitative estimate of drug-likeness (QED) is 0.0888. The SMILES string of the molecule is CCCCCCCCCCCCCCCCCC(=O)Nc1cc(S(=O)(=O)O)cc([N+](=O)[O-])c1C. The van der Waals surface area contributed by atoms with Gasteiger partial charge in [0.2, 0.25) is 5.91 Å². The maximum Gasteiger partial charge on any atom is 0.294 e. The number of nitro groups is 1. The Kier molecular flexibility index (Phi) is 14.7. The lowest BCUT2D eigenvalue weighted by Crippen LogP contribution is -2.13. The minimum atomic E-state index is -4.63. The Bertz CT molecular complexity index is 870. The number of amides is 1. The van der Waals surface area contributed by atoms with Crippen molar-refractivity contribution < 1.29 is 22.7 Å². The highest BCUT2D eigenvalue weighted by Gasteiger charge is 2.22. The first-order chi connectivity index (χ1) is 16.2. The van der Waals surface area contributed by atoms with E-state index in [2.05, 4.69) is 12.2 Å². The minimum Gasteiger partial charge on any atom is -0.326 e. The summed E-state index contributed by atoms with van der Waals surface area (Å²) >= 11 is 0. The molecular weight excluding hydrogens is 456 g/mol. The van der Waals surface area contributed by atoms with E-state index in [1.54, 1.807) is 0 Å². The molecule has 1 rings (SSSR count). The van der Waals surface area contributed by atoms with Gasteiger partial charge in [-0.2, -0.15) is 8.42 Å². The summed E-state index contributed by atoms with van der Waals surface area (Å²) in [5, 5.41) is 13.7. The maximum atomic E-state index is 12.2. The van der Waals surface area contributed by atoms with E-state index < -0.39 is 25.6 Å². The molecule has 0 bridgehead atoms. The number of hydrogen-bond donors (Lipinski definition) is 2. The van der Waals surface area contributed by atoms with Crippen molar-refractivity contribution in [3.63, 3.8) is 0 Å². The van der Waals surface area contributed by atoms with Crippen LogP contribution in [0.15, 0.2) is 17.0 Å². The van der Waals surface area contributed by atoms with Crippen LogP contribution in [0.4, 0.5) is 11.4 Å². The fraction of sp³-hybridized carbons (Fsp3) is 0.720. The fourth-order valence-corrected chi connectivity index (χ4v) is 4.54. The van der Waals surface area contributed by atoms with E-state index >= 15 is 0 Å². The van der Waals surface area contributed by atoms with Crippen LogP contribution in [0.3, 0.4) is 0 Å². The Labute approximate surface area is 204 Å². The monoisotopic (exact) mass is 498 g/mol. The molecule has 0 aliphatic rings. The molecule has 1 amide bonds. The molecule has 0 unspecified atom stereocenters. The number of carbonyl (C=O) groups excluding carboxylic acids is 1. The van der Waals surface area contributed by atoms with Crippen LogP contribution in [-0.2, 0) is 14.9 Å². The van der Waals surface area contributed by atoms with Crippen LogP contribution in [0.5, 0.6) is 0 Å². The summed E-state index contributed by atoms with van der Waals surface area (Å²) in [6.07, 6.45) is 18.7. The molecule has 0 radical (unpaired) electrons. The number of unbranched alkanes of at least 4 members (excludes halogenated alkanes) is 14. The fourth-order valence-electron chi connectivity index (χ4n) is 4.01. The molecule has 2 N–H and O–H groups in total. The first kappa shape index (κ1) is 30.0. The first-order valence-electron chi connectivity index (χ1n) is 12.7. The standard InChI is InChI=1S/C25H42N2O6S/c1-3-4-5-6-7-8-9-10-11-12-13-14-15-16-17-18-25(28)26-23-19-22(34(31,32)33)20-24(21(23)2)27(29)30/h19-20H,3-18H2,1-2H3,(H,26,28)(H,31,32,33). The zero-order chi connectivity index (χ0) is 25.4. The van der Waals surface area contributed by atoms with Crippen LogP contribution in [0.2, 0.25) is 0 Å². The predicted octanol–water partition coefficient (Wildman–Crippen LogP) is 7.35. The highest BCUT2D eigenvalue weighted by molar-refractivity contribution is 7.85. The lowest BCUT2D eigenvalue weighted by Gasteiger charge is -2.10. The second-order valence-corrected chi connectivity index (χ2v) is 10.5. The van der Waals surface area contributed by atoms with Gasteiger partial charge in [-0.15, -0.1) is 0 Å². The molecule has 1 aromatic rings. The third kappa shape index (κ3) is 12.5. The molecule has 0 aromatic heterocycles. The Hall–Kier alpha value is -2.00. The van der Waals surface area contributed by atoms with Gasteiger partial charge in [0.1, 0.15) is 4.90 Å². The third-order valence-electron chi connectivity index (χ3n) is 6.13. The summed E-state index contributed by atoms with van der Waals surface area (Å²) < 4.78 is 32.0. The lowest BCUT2D eigenvalue weighted by molar-refractivity contribution is -0.385. The van der Waals surface area contributed by atoms with E-state index in [1.807, 2.05) is 0 Å². The summed E-state index contributed by atoms with van der Waals surface area (Å²) in [6.45, 7) is 3.67. The van der Waals surface area contributed by atoms with Gasteiger partial charge in [-0.3, -0.25) is 19.5 Å². The van der Waals surface area contributed by atoms with Crippen molar-refractivity contribution in [2.24, 2.45) is 0 Å². The summed E-state index contributed by atoms with van der Waals surface area (Å²) in [6, 6.07) is 1.83. The number of anilines is 1. The Morgan fingerprint density at radius 1 is 0.882 bits per heavy atom. The Morgan fingerprint density at radius 3 is 1.74 bits per heavy atom. The van der Waals surface area contributed by atoms with Crippen LogP contribution in [-0.4, -0.2) is 23.8 Å². The first-order valence-corrected chi connectivity index (χ1v) is 14.2. The van der Waals surface area contributed by atoms with E-state index in [0.29, 0.717) is 6.42 Å². The van der Waals surface area contributed by atoms with Crippen molar-refractivity contribution in [1.82, 2.24) is 0 Å². The van der Waals surface area contributed by atoms with Gasteiger partial charge in [0.25, 0.3) is 15.8 Å². The van der Waals surface area contributed by atoms with Gasteiger partial charge in [0.05, 0.1) is 16.2 Å². The molecule has 194 valence electrons. The number of rotatable bonds is 19. The predicted molar refractivity (Wildman–Crippen MR) is 136 cm³/mol. The molecular formula is C25H42N2O6S. The number of hydrogen-bond acceptors (Lipinski definition) is 5. The van der Waals surface area contributed by atoms with Gasteiger partial charge < -0.3 is 5.32 Å². The second kappa shape index (κ2) is 16.6. The average molecular weight is 499 g/mol. The second-order valence-electron chi connectivity index (χ2n) is 9.10. The van der Waals surface area contributed by atoms with Crippen LogP contribution < -0.4 is 5.32 Å². The molecule has 0 spiro atoms. The van der Waals surface area contributed by atoms with Crippen LogP contribution >= 0.6 is 0 Å². The molecule has 9 heteroatoms. The summed E-state index contributed by atoms with van der Waals surface area (Å²) in [5.74, 6) is -0.334. The average Bonchev–Trinajstić information content (AvgIpc) is 2.76. The maximum absolute atomic E-state index is 12.2. The molecule has 0 saturated heterocycles. The zero-order valence-electron chi connectivity index (χ0n) is 20.8. The van der Waals surface area contributed by atoms with Crippen LogP contribution in [0.1, 0.15) is 115 Å². The summed E-state index contributed by atoms with van der Waals surface area (Å²) in [5.41, 5.74) is -0.313. The summed E-state index contributed by atoms with van der Waals surface area (Å²) in [4.78, 5) is 22.1. The molecule has 0 saturated carbocycles. The molecule has 0 heterocycles. The number of carbonyl (C=O) groups is 1. The smallest absolute Gasteiger partial charge is 0.294 e. The highest BCUT2D eigenvalue weighted by atomic mass is 32.2. The topological polar surface area (TPSA) is 127 Å². The van der Waals surface area contributed by atoms with Gasteiger partial charge in [0, 0.05) is 12.5 Å². The van der Waals surface area contributed by atoms with Gasteiger partial charge in [0.15, 0.2) is 0 Å². The molecule has 0 aliphatic heterocycles. The largest absolute Gasteiger partial charge is 0.326 e. The number of benzene rings is 1. The van der Waals surface area contributed by atoms with Crippen molar-refractivity contribution in [2.75, 3.05) is 5.32 Å². The van der Waals surface area contributed by atoms with Crippen molar-refractivity contribution in [1.29, 1.82) is 0 Å². The number of nitro benzene ring substituents is 1. The highest BCUT2D eigenvalue weighted by Crippen LogP contribution is 2.30. The molecule has 0 fully saturated rings. The molecule has 34 heavy (non-hydrogen) atoms. The van der Waals surface area contributed by atoms with Crippen molar-refractivity contribution in [3.8, 4) is 0 Å². The lowest BCUT2D eigenvalue weighted by atomic mass is 10.0. The van der Waals surface area contributed by atoms with Crippen molar-refractivity contribution in [3.05, 3.63) is 27.8 Å². The number of nitrogens with one attached hydrogen (secondary N) is 1. The van der Waals surface area contributed by atoms with Crippen LogP contribution in [0.25, 0.3) is 0 Å². The van der Waals surface area contributed by atoms with E-state index in [4.69, 9.17) is 0 Å². The zero-order valence-corrected chi connectivity index (χ0v) is 21.6. The van der Waals surface area contributed by atoms with Crippen molar-refractivity contribution in [2.45, 2.75) is 121 Å². The Balaban J connectivity index is 2.21. The summed E-state index contributed by atoms with van der Waals surface area (Å²) in [7, 11) is -4.63. The number of nitrogens with zero attached hydrogens (tertiary/aromatic N) is 1. The van der Waals surface area contributed by atoms with Gasteiger partial charge >= 0.3 is 0 Å². The van der Waals surface area contributed by atoms with Gasteiger partial charge in [-0.1, -0.05) is 96.8 Å². The van der Waals surface area contributed by atoms with E-state index in [-0.39, 0.29) is 23.6 Å². The van der Waals surface area contributed by atoms with E-state index in [9.17, 15) is 27.9 Å². The van der Waals surface area contributed by atoms with E-state index in [0.717, 1.165) is 31.4 Å².